The number of likely N-dealkylation sites (tertiary alicyclic amines) is 1. The number of imidazole rings is 1. The highest BCUT2D eigenvalue weighted by molar-refractivity contribution is 7.13. The molecule has 0 saturated carbocycles. The summed E-state index contributed by atoms with van der Waals surface area (Å²) in [6, 6.07) is 8.42. The molecule has 0 radical (unpaired) electrons. The number of hydrogen-bond acceptors (Lipinski definition) is 8. The van der Waals surface area contributed by atoms with Gasteiger partial charge < -0.3 is 14.4 Å². The van der Waals surface area contributed by atoms with Gasteiger partial charge in [-0.1, -0.05) is 19.9 Å². The summed E-state index contributed by atoms with van der Waals surface area (Å²) < 4.78 is 13.4. The predicted molar refractivity (Wildman–Crippen MR) is 140 cm³/mol. The third-order valence-electron chi connectivity index (χ3n) is 6.70. The highest BCUT2D eigenvalue weighted by Gasteiger charge is 2.35. The molecule has 0 bridgehead atoms. The first-order valence-corrected chi connectivity index (χ1v) is 13.2. The molecule has 1 unspecified atom stereocenters. The average molecular weight is 511 g/mol. The molecule has 5 rings (SSSR count). The molecule has 6 N–H and O–H groups in total. The van der Waals surface area contributed by atoms with E-state index in [0.29, 0.717) is 37.5 Å². The minimum absolute atomic E-state index is 0.108. The van der Waals surface area contributed by atoms with E-state index in [0.717, 1.165) is 46.2 Å². The first-order chi connectivity index (χ1) is 17.1. The standard InChI is InChI=1S/C26H34N6O3S/c1-15(2)11-17-12-20-16(13-21(17)34-3)6-7-19-23(30-24(32(19)20)22-5-4-10-36-22)25(33)31-9-8-18(14-31)35-26(27,28)29/h4-5,10,12-13,15,18H,6-9,11,14,27-29H2,1-3H3. The fraction of sp³-hybridized carbons (Fsp3) is 0.462. The minimum atomic E-state index is -1.72. The molecule has 9 nitrogen and oxygen atoms in total. The van der Waals surface area contributed by atoms with Crippen molar-refractivity contribution >= 4 is 17.2 Å². The van der Waals surface area contributed by atoms with E-state index in [1.54, 1.807) is 23.3 Å². The molecule has 2 aliphatic rings. The van der Waals surface area contributed by atoms with E-state index in [9.17, 15) is 4.79 Å². The molecule has 2 aliphatic heterocycles. The number of thiophene rings is 1. The van der Waals surface area contributed by atoms with E-state index >= 15 is 0 Å². The molecule has 2 aromatic heterocycles. The van der Waals surface area contributed by atoms with Crippen molar-refractivity contribution in [2.24, 2.45) is 23.1 Å². The van der Waals surface area contributed by atoms with Gasteiger partial charge in [-0.3, -0.25) is 26.6 Å². The number of amides is 1. The van der Waals surface area contributed by atoms with Crippen LogP contribution in [0.4, 0.5) is 0 Å². The van der Waals surface area contributed by atoms with Crippen molar-refractivity contribution in [1.82, 2.24) is 14.5 Å². The predicted octanol–water partition coefficient (Wildman–Crippen LogP) is 2.63. The van der Waals surface area contributed by atoms with Crippen molar-refractivity contribution in [2.45, 2.75) is 51.6 Å². The number of rotatable bonds is 7. The molecule has 4 heterocycles. The molecule has 36 heavy (non-hydrogen) atoms. The minimum Gasteiger partial charge on any atom is -0.496 e. The number of carbonyl (C=O) groups is 1. The lowest BCUT2D eigenvalue weighted by atomic mass is 9.94. The third kappa shape index (κ3) is 4.79. The van der Waals surface area contributed by atoms with Crippen LogP contribution in [-0.2, 0) is 24.0 Å². The largest absolute Gasteiger partial charge is 0.496 e. The van der Waals surface area contributed by atoms with Crippen LogP contribution in [0.25, 0.3) is 16.4 Å². The van der Waals surface area contributed by atoms with Gasteiger partial charge in [-0.25, -0.2) is 4.98 Å². The normalized spacial score (nSPS) is 17.4. The Morgan fingerprint density at radius 3 is 2.75 bits per heavy atom. The molecule has 192 valence electrons. The summed E-state index contributed by atoms with van der Waals surface area (Å²) in [5.74, 6) is 0.364. The van der Waals surface area contributed by atoms with Gasteiger partial charge in [0.15, 0.2) is 11.5 Å². The summed E-state index contributed by atoms with van der Waals surface area (Å²) in [6.07, 6.45) is 2.74. The van der Waals surface area contributed by atoms with Crippen LogP contribution in [-0.4, -0.2) is 52.6 Å². The zero-order chi connectivity index (χ0) is 25.6. The van der Waals surface area contributed by atoms with Crippen molar-refractivity contribution in [3.8, 4) is 22.1 Å². The molecule has 1 amide bonds. The quantitative estimate of drug-likeness (QED) is 0.416. The second kappa shape index (κ2) is 9.60. The summed E-state index contributed by atoms with van der Waals surface area (Å²) >= 11 is 1.62. The van der Waals surface area contributed by atoms with Gasteiger partial charge in [0.05, 0.1) is 29.5 Å². The van der Waals surface area contributed by atoms with Crippen LogP contribution in [0, 0.1) is 5.92 Å². The van der Waals surface area contributed by atoms with Gasteiger partial charge in [0, 0.05) is 13.1 Å². The van der Waals surface area contributed by atoms with Crippen molar-refractivity contribution in [3.63, 3.8) is 0 Å². The van der Waals surface area contributed by atoms with Crippen LogP contribution in [0.3, 0.4) is 0 Å². The van der Waals surface area contributed by atoms with Crippen molar-refractivity contribution < 1.29 is 14.3 Å². The Morgan fingerprint density at radius 2 is 2.08 bits per heavy atom. The number of aryl methyl sites for hydroxylation is 1. The number of benzene rings is 1. The maximum atomic E-state index is 13.7. The molecule has 0 aliphatic carbocycles. The van der Waals surface area contributed by atoms with E-state index in [1.807, 2.05) is 17.5 Å². The lowest BCUT2D eigenvalue weighted by Crippen LogP contribution is -2.61. The van der Waals surface area contributed by atoms with Gasteiger partial charge in [0.1, 0.15) is 5.75 Å². The van der Waals surface area contributed by atoms with Crippen LogP contribution in [0.1, 0.15) is 47.6 Å². The molecule has 3 aromatic rings. The lowest BCUT2D eigenvalue weighted by Gasteiger charge is -2.25. The molecular formula is C26H34N6O3S. The number of ether oxygens (including phenoxy) is 2. The highest BCUT2D eigenvalue weighted by atomic mass is 32.1. The Bertz CT molecular complexity index is 1260. The number of carbonyl (C=O) groups excluding carboxylic acids is 1. The molecule has 1 atom stereocenters. The topological polar surface area (TPSA) is 135 Å². The Morgan fingerprint density at radius 1 is 1.28 bits per heavy atom. The SMILES string of the molecule is COc1cc2c(cc1CC(C)C)-n1c(-c3cccs3)nc(C(=O)N3CCC(OC(N)(N)N)C3)c1CC2. The number of aromatic nitrogens is 2. The van der Waals surface area contributed by atoms with E-state index in [1.165, 1.54) is 5.56 Å². The van der Waals surface area contributed by atoms with Gasteiger partial charge in [0.25, 0.3) is 5.91 Å². The summed E-state index contributed by atoms with van der Waals surface area (Å²) in [4.78, 5) is 21.4. The summed E-state index contributed by atoms with van der Waals surface area (Å²) in [5, 5.41) is 2.03. The first-order valence-electron chi connectivity index (χ1n) is 12.3. The van der Waals surface area contributed by atoms with Gasteiger partial charge >= 0.3 is 0 Å². The third-order valence-corrected chi connectivity index (χ3v) is 7.57. The van der Waals surface area contributed by atoms with E-state index in [-0.39, 0.29) is 12.0 Å². The number of methoxy groups -OCH3 is 1. The molecule has 1 aromatic carbocycles. The van der Waals surface area contributed by atoms with Crippen LogP contribution in [0.2, 0.25) is 0 Å². The summed E-state index contributed by atoms with van der Waals surface area (Å²) in [6.45, 7) is 5.31. The molecule has 0 spiro atoms. The van der Waals surface area contributed by atoms with Gasteiger partial charge in [-0.2, -0.15) is 0 Å². The number of hydrogen-bond donors (Lipinski definition) is 3. The number of nitrogens with zero attached hydrogens (tertiary/aromatic N) is 3. The van der Waals surface area contributed by atoms with Crippen molar-refractivity contribution in [2.75, 3.05) is 20.2 Å². The summed E-state index contributed by atoms with van der Waals surface area (Å²) in [7, 11) is 1.72. The van der Waals surface area contributed by atoms with Gasteiger partial charge in [-0.15, -0.1) is 11.3 Å². The van der Waals surface area contributed by atoms with Crippen LogP contribution in [0.15, 0.2) is 29.6 Å². The lowest BCUT2D eigenvalue weighted by molar-refractivity contribution is -0.0776. The molecule has 1 fully saturated rings. The molecular weight excluding hydrogens is 476 g/mol. The Kier molecular flexibility index (Phi) is 6.65. The zero-order valence-corrected chi connectivity index (χ0v) is 21.8. The Labute approximate surface area is 215 Å². The van der Waals surface area contributed by atoms with Crippen LogP contribution in [0.5, 0.6) is 5.75 Å². The maximum absolute atomic E-state index is 13.7. The fourth-order valence-corrected chi connectivity index (χ4v) is 5.94. The van der Waals surface area contributed by atoms with E-state index in [2.05, 4.69) is 30.5 Å². The van der Waals surface area contributed by atoms with E-state index in [4.69, 9.17) is 31.7 Å². The summed E-state index contributed by atoms with van der Waals surface area (Å²) in [5.41, 5.74) is 21.7. The van der Waals surface area contributed by atoms with E-state index < -0.39 is 5.97 Å². The molecule has 1 saturated heterocycles. The monoisotopic (exact) mass is 510 g/mol. The maximum Gasteiger partial charge on any atom is 0.274 e. The van der Waals surface area contributed by atoms with Gasteiger partial charge in [0.2, 0.25) is 5.97 Å². The van der Waals surface area contributed by atoms with Crippen molar-refractivity contribution in [3.05, 3.63) is 52.2 Å². The Hall–Kier alpha value is -2.76. The second-order valence-electron chi connectivity index (χ2n) is 10.1. The Balaban J connectivity index is 1.57. The number of nitrogens with two attached hydrogens (primary N) is 3. The molecule has 10 heteroatoms. The van der Waals surface area contributed by atoms with Crippen LogP contribution < -0.4 is 21.9 Å². The second-order valence-corrected chi connectivity index (χ2v) is 11.0. The highest BCUT2D eigenvalue weighted by Crippen LogP contribution is 2.38. The van der Waals surface area contributed by atoms with Crippen LogP contribution >= 0.6 is 11.3 Å². The zero-order valence-electron chi connectivity index (χ0n) is 21.0. The average Bonchev–Trinajstić information content (AvgIpc) is 3.56. The number of fused-ring (bicyclic) bond motifs is 3. The van der Waals surface area contributed by atoms with Crippen molar-refractivity contribution in [1.29, 1.82) is 0 Å². The fourth-order valence-electron chi connectivity index (χ4n) is 5.24. The smallest absolute Gasteiger partial charge is 0.274 e. The first kappa shape index (κ1) is 24.9. The van der Waals surface area contributed by atoms with Gasteiger partial charge in [-0.05, 0) is 66.3 Å².